The minimum Gasteiger partial charge on any atom is -0.267 e. The molecule has 1 N–H and O–H groups in total. The number of fused-ring (bicyclic) bond motifs is 1. The highest BCUT2D eigenvalue weighted by atomic mass is 32.2. The fourth-order valence-electron chi connectivity index (χ4n) is 3.98. The van der Waals surface area contributed by atoms with Crippen LogP contribution in [0.15, 0.2) is 48.8 Å². The Balaban J connectivity index is 1.46. The van der Waals surface area contributed by atoms with Crippen LogP contribution in [0, 0.1) is 6.92 Å². The Hall–Kier alpha value is -2.51. The lowest BCUT2D eigenvalue weighted by Gasteiger charge is -2.14. The first-order chi connectivity index (χ1) is 14.0. The Morgan fingerprint density at radius 1 is 1.10 bits per heavy atom. The molecule has 2 heterocycles. The summed E-state index contributed by atoms with van der Waals surface area (Å²) >= 11 is 0. The quantitative estimate of drug-likeness (QED) is 0.649. The van der Waals surface area contributed by atoms with Gasteiger partial charge in [-0.1, -0.05) is 29.8 Å². The van der Waals surface area contributed by atoms with Crippen molar-refractivity contribution in [2.45, 2.75) is 44.9 Å². The van der Waals surface area contributed by atoms with E-state index in [9.17, 15) is 8.42 Å². The number of nitrogens with one attached hydrogen (secondary N) is 1. The topological polar surface area (TPSA) is 76.9 Å². The highest BCUT2D eigenvalue weighted by Gasteiger charge is 2.22. The van der Waals surface area contributed by atoms with Crippen molar-refractivity contribution in [3.8, 4) is 11.3 Å². The molecule has 2 aromatic heterocycles. The first kappa shape index (κ1) is 19.8. The number of pyridine rings is 1. The summed E-state index contributed by atoms with van der Waals surface area (Å²) in [6.45, 7) is 2.82. The summed E-state index contributed by atoms with van der Waals surface area (Å²) in [6.07, 6.45) is 7.88. The molecule has 4 rings (SSSR count). The molecule has 3 aromatic rings. The van der Waals surface area contributed by atoms with E-state index in [1.54, 1.807) is 12.4 Å². The summed E-state index contributed by atoms with van der Waals surface area (Å²) in [7, 11) is -3.39. The molecule has 0 radical (unpaired) electrons. The van der Waals surface area contributed by atoms with Gasteiger partial charge in [-0.3, -0.25) is 9.67 Å². The van der Waals surface area contributed by atoms with E-state index in [2.05, 4.69) is 9.71 Å². The van der Waals surface area contributed by atoms with Gasteiger partial charge in [-0.05, 0) is 50.3 Å². The number of sulfonamides is 1. The van der Waals surface area contributed by atoms with Gasteiger partial charge in [0, 0.05) is 35.8 Å². The lowest BCUT2D eigenvalue weighted by atomic mass is 9.94. The molecule has 1 aliphatic carbocycles. The Kier molecular flexibility index (Phi) is 5.78. The first-order valence-electron chi connectivity index (χ1n) is 10.0. The molecule has 7 heteroatoms. The summed E-state index contributed by atoms with van der Waals surface area (Å²) in [5, 5.41) is 4.83. The molecule has 0 atom stereocenters. The van der Waals surface area contributed by atoms with Crippen molar-refractivity contribution in [3.05, 3.63) is 71.2 Å². The Labute approximate surface area is 172 Å². The van der Waals surface area contributed by atoms with Crippen LogP contribution in [0.1, 0.15) is 35.2 Å². The molecule has 0 saturated heterocycles. The van der Waals surface area contributed by atoms with E-state index in [1.165, 1.54) is 17.7 Å². The van der Waals surface area contributed by atoms with Crippen LogP contribution < -0.4 is 4.72 Å². The normalized spacial score (nSPS) is 14.0. The van der Waals surface area contributed by atoms with Crippen molar-refractivity contribution in [2.75, 3.05) is 6.54 Å². The lowest BCUT2D eigenvalue weighted by molar-refractivity contribution is 0.538. The van der Waals surface area contributed by atoms with Gasteiger partial charge in [0.2, 0.25) is 10.0 Å². The molecule has 0 spiro atoms. The maximum Gasteiger partial charge on any atom is 0.215 e. The number of hydrogen-bond acceptors (Lipinski definition) is 4. The van der Waals surface area contributed by atoms with Crippen molar-refractivity contribution >= 4 is 10.0 Å². The van der Waals surface area contributed by atoms with Crippen LogP contribution >= 0.6 is 0 Å². The zero-order chi connectivity index (χ0) is 20.3. The summed E-state index contributed by atoms with van der Waals surface area (Å²) in [5.74, 6) is -0.00579. The predicted octanol–water partition coefficient (Wildman–Crippen LogP) is 3.25. The molecule has 1 aliphatic rings. The average Bonchev–Trinajstić information content (AvgIpc) is 3.07. The third kappa shape index (κ3) is 4.74. The smallest absolute Gasteiger partial charge is 0.215 e. The largest absolute Gasteiger partial charge is 0.267 e. The maximum atomic E-state index is 12.5. The third-order valence-electron chi connectivity index (χ3n) is 5.30. The van der Waals surface area contributed by atoms with Crippen LogP contribution in [-0.2, 0) is 35.2 Å². The second-order valence-corrected chi connectivity index (χ2v) is 9.39. The lowest BCUT2D eigenvalue weighted by Crippen LogP contribution is -2.29. The van der Waals surface area contributed by atoms with Gasteiger partial charge in [-0.25, -0.2) is 13.1 Å². The van der Waals surface area contributed by atoms with E-state index in [1.807, 2.05) is 48.0 Å². The zero-order valence-electron chi connectivity index (χ0n) is 16.6. The first-order valence-corrected chi connectivity index (χ1v) is 11.7. The van der Waals surface area contributed by atoms with Gasteiger partial charge in [0.05, 0.1) is 18.0 Å². The molecule has 152 valence electrons. The van der Waals surface area contributed by atoms with Crippen LogP contribution in [0.2, 0.25) is 0 Å². The molecule has 0 saturated carbocycles. The van der Waals surface area contributed by atoms with E-state index in [-0.39, 0.29) is 5.75 Å². The number of aromatic nitrogens is 3. The van der Waals surface area contributed by atoms with Gasteiger partial charge in [0.1, 0.15) is 0 Å². The molecule has 6 nitrogen and oxygen atoms in total. The van der Waals surface area contributed by atoms with Crippen LogP contribution in [0.3, 0.4) is 0 Å². The van der Waals surface area contributed by atoms with E-state index in [4.69, 9.17) is 5.10 Å². The van der Waals surface area contributed by atoms with Crippen molar-refractivity contribution in [1.29, 1.82) is 0 Å². The summed E-state index contributed by atoms with van der Waals surface area (Å²) in [4.78, 5) is 4.09. The molecule has 29 heavy (non-hydrogen) atoms. The second-order valence-electron chi connectivity index (χ2n) is 7.58. The molecular formula is C22H26N4O2S. The molecular weight excluding hydrogens is 384 g/mol. The van der Waals surface area contributed by atoms with Gasteiger partial charge < -0.3 is 0 Å². The van der Waals surface area contributed by atoms with Crippen LogP contribution in [0.25, 0.3) is 11.3 Å². The van der Waals surface area contributed by atoms with Crippen molar-refractivity contribution < 1.29 is 8.42 Å². The molecule has 0 unspecified atom stereocenters. The fraction of sp³-hybridized carbons (Fsp3) is 0.364. The standard InChI is InChI=1S/C22H26N4O2S/c1-17-5-4-6-18(15-17)16-29(27,28)24-13-14-26-21-8-3-2-7-20(21)22(25-26)19-9-11-23-12-10-19/h4-6,9-12,15,24H,2-3,7-8,13-14,16H2,1H3. The summed E-state index contributed by atoms with van der Waals surface area (Å²) < 4.78 is 29.7. The minimum absolute atomic E-state index is 0.00579. The molecule has 0 fully saturated rings. The highest BCUT2D eigenvalue weighted by Crippen LogP contribution is 2.30. The second kappa shape index (κ2) is 8.47. The Morgan fingerprint density at radius 2 is 1.90 bits per heavy atom. The Morgan fingerprint density at radius 3 is 2.69 bits per heavy atom. The van der Waals surface area contributed by atoms with Crippen LogP contribution in [0.5, 0.6) is 0 Å². The zero-order valence-corrected chi connectivity index (χ0v) is 17.5. The fourth-order valence-corrected chi connectivity index (χ4v) is 5.10. The SMILES string of the molecule is Cc1cccc(CS(=O)(=O)NCCn2nc(-c3ccncc3)c3c2CCCC3)c1. The molecule has 0 aliphatic heterocycles. The van der Waals surface area contributed by atoms with Gasteiger partial charge in [-0.2, -0.15) is 5.10 Å². The summed E-state index contributed by atoms with van der Waals surface area (Å²) in [5.41, 5.74) is 6.46. The van der Waals surface area contributed by atoms with Gasteiger partial charge in [0.15, 0.2) is 0 Å². The van der Waals surface area contributed by atoms with Gasteiger partial charge in [-0.15, -0.1) is 0 Å². The number of rotatable bonds is 7. The van der Waals surface area contributed by atoms with E-state index >= 15 is 0 Å². The number of aryl methyl sites for hydroxylation is 1. The van der Waals surface area contributed by atoms with Gasteiger partial charge >= 0.3 is 0 Å². The number of benzene rings is 1. The van der Waals surface area contributed by atoms with Crippen molar-refractivity contribution in [1.82, 2.24) is 19.5 Å². The molecule has 0 amide bonds. The number of nitrogens with zero attached hydrogens (tertiary/aromatic N) is 3. The van der Waals surface area contributed by atoms with E-state index < -0.39 is 10.0 Å². The maximum absolute atomic E-state index is 12.5. The summed E-state index contributed by atoms with van der Waals surface area (Å²) in [6, 6.07) is 11.6. The third-order valence-corrected chi connectivity index (χ3v) is 6.65. The number of hydrogen-bond donors (Lipinski definition) is 1. The van der Waals surface area contributed by atoms with Crippen molar-refractivity contribution in [2.24, 2.45) is 0 Å². The Bertz CT molecular complexity index is 1090. The molecule has 0 bridgehead atoms. The van der Waals surface area contributed by atoms with Crippen LogP contribution in [0.4, 0.5) is 0 Å². The predicted molar refractivity (Wildman–Crippen MR) is 114 cm³/mol. The monoisotopic (exact) mass is 410 g/mol. The molecule has 1 aromatic carbocycles. The van der Waals surface area contributed by atoms with Crippen LogP contribution in [-0.4, -0.2) is 29.7 Å². The average molecular weight is 411 g/mol. The highest BCUT2D eigenvalue weighted by molar-refractivity contribution is 7.88. The van der Waals surface area contributed by atoms with E-state index in [0.717, 1.165) is 41.6 Å². The minimum atomic E-state index is -3.39. The van der Waals surface area contributed by atoms with Gasteiger partial charge in [0.25, 0.3) is 0 Å². The van der Waals surface area contributed by atoms with E-state index in [0.29, 0.717) is 13.1 Å². The van der Waals surface area contributed by atoms with Crippen molar-refractivity contribution in [3.63, 3.8) is 0 Å².